The molecule has 0 saturated heterocycles. The van der Waals surface area contributed by atoms with Crippen LogP contribution in [0.2, 0.25) is 0 Å². The van der Waals surface area contributed by atoms with Gasteiger partial charge in [0, 0.05) is 7.05 Å². The third-order valence-corrected chi connectivity index (χ3v) is 2.48. The first-order valence-electron chi connectivity index (χ1n) is 4.76. The maximum atomic E-state index is 13.6. The molecule has 3 nitrogen and oxygen atoms in total. The average Bonchev–Trinajstić information content (AvgIpc) is 2.44. The Morgan fingerprint density at radius 1 is 1.19 bits per heavy atom. The second kappa shape index (κ2) is 3.59. The predicted octanol–water partition coefficient (Wildman–Crippen LogP) is 2.26. The molecule has 2 N–H and O–H groups in total. The first-order chi connectivity index (χ1) is 7.52. The Bertz CT molecular complexity index is 526. The highest BCUT2D eigenvalue weighted by atomic mass is 19.1. The fourth-order valence-corrected chi connectivity index (χ4v) is 1.72. The Hall–Kier alpha value is -1.91. The molecule has 84 valence electrons. The fourth-order valence-electron chi connectivity index (χ4n) is 1.72. The van der Waals surface area contributed by atoms with Gasteiger partial charge in [0.2, 0.25) is 0 Å². The van der Waals surface area contributed by atoms with Crippen molar-refractivity contribution in [3.8, 4) is 11.1 Å². The van der Waals surface area contributed by atoms with Crippen LogP contribution in [-0.2, 0) is 7.05 Å². The first-order valence-corrected chi connectivity index (χ1v) is 4.76. The highest BCUT2D eigenvalue weighted by Crippen LogP contribution is 2.32. The Morgan fingerprint density at radius 2 is 1.75 bits per heavy atom. The number of rotatable bonds is 1. The van der Waals surface area contributed by atoms with Gasteiger partial charge in [-0.25, -0.2) is 8.78 Å². The molecule has 1 aromatic carbocycles. The lowest BCUT2D eigenvalue weighted by atomic mass is 10.0. The van der Waals surface area contributed by atoms with E-state index in [1.165, 1.54) is 22.9 Å². The van der Waals surface area contributed by atoms with Crippen LogP contribution in [0.5, 0.6) is 0 Å². The standard InChI is InChI=1S/C11H11F2N3/c1-6-9(11(14)16(2)15-6)10-7(12)4-3-5-8(10)13/h3-5H,14H2,1-2H3. The molecule has 0 spiro atoms. The van der Waals surface area contributed by atoms with Crippen molar-refractivity contribution in [1.82, 2.24) is 9.78 Å². The molecule has 1 heterocycles. The van der Waals surface area contributed by atoms with E-state index < -0.39 is 11.6 Å². The number of aromatic nitrogens is 2. The molecule has 16 heavy (non-hydrogen) atoms. The lowest BCUT2D eigenvalue weighted by molar-refractivity contribution is 0.589. The summed E-state index contributed by atoms with van der Waals surface area (Å²) in [7, 11) is 1.63. The second-order valence-corrected chi connectivity index (χ2v) is 3.57. The van der Waals surface area contributed by atoms with Gasteiger partial charge in [-0.15, -0.1) is 0 Å². The van der Waals surface area contributed by atoms with Crippen LogP contribution in [0.4, 0.5) is 14.6 Å². The number of benzene rings is 1. The van der Waals surface area contributed by atoms with Gasteiger partial charge in [-0.1, -0.05) is 6.07 Å². The number of hydrogen-bond donors (Lipinski definition) is 1. The molecule has 5 heteroatoms. The molecule has 0 unspecified atom stereocenters. The Balaban J connectivity index is 2.77. The lowest BCUT2D eigenvalue weighted by Gasteiger charge is -2.05. The molecule has 2 rings (SSSR count). The molecule has 0 aliphatic rings. The molecular formula is C11H11F2N3. The molecule has 0 amide bonds. The van der Waals surface area contributed by atoms with Crippen molar-refractivity contribution in [3.05, 3.63) is 35.5 Å². The molecule has 0 atom stereocenters. The van der Waals surface area contributed by atoms with Crippen molar-refractivity contribution in [2.45, 2.75) is 6.92 Å². The maximum absolute atomic E-state index is 13.6. The van der Waals surface area contributed by atoms with Gasteiger partial charge in [0.1, 0.15) is 17.5 Å². The first kappa shape index (κ1) is 10.6. The number of aryl methyl sites for hydroxylation is 2. The minimum absolute atomic E-state index is 0.120. The van der Waals surface area contributed by atoms with Crippen molar-refractivity contribution >= 4 is 5.82 Å². The van der Waals surface area contributed by atoms with Crippen LogP contribution >= 0.6 is 0 Å². The molecule has 1 aromatic heterocycles. The van der Waals surface area contributed by atoms with Crippen LogP contribution in [0.3, 0.4) is 0 Å². The smallest absolute Gasteiger partial charge is 0.134 e. The van der Waals surface area contributed by atoms with Gasteiger partial charge in [0.05, 0.1) is 16.8 Å². The molecule has 0 aliphatic carbocycles. The molecule has 0 radical (unpaired) electrons. The van der Waals surface area contributed by atoms with E-state index in [1.54, 1.807) is 14.0 Å². The number of hydrogen-bond acceptors (Lipinski definition) is 2. The summed E-state index contributed by atoms with van der Waals surface area (Å²) < 4.78 is 28.5. The zero-order valence-corrected chi connectivity index (χ0v) is 8.96. The van der Waals surface area contributed by atoms with Gasteiger partial charge < -0.3 is 5.73 Å². The van der Waals surface area contributed by atoms with Gasteiger partial charge in [-0.2, -0.15) is 5.10 Å². The van der Waals surface area contributed by atoms with Crippen LogP contribution in [0.15, 0.2) is 18.2 Å². The summed E-state index contributed by atoms with van der Waals surface area (Å²) in [4.78, 5) is 0. The third-order valence-electron chi connectivity index (χ3n) is 2.48. The zero-order chi connectivity index (χ0) is 11.9. The van der Waals surface area contributed by atoms with Crippen LogP contribution in [0.1, 0.15) is 5.69 Å². The zero-order valence-electron chi connectivity index (χ0n) is 8.96. The van der Waals surface area contributed by atoms with Crippen molar-refractivity contribution in [2.24, 2.45) is 7.05 Å². The van der Waals surface area contributed by atoms with Gasteiger partial charge in [-0.3, -0.25) is 4.68 Å². The molecule has 2 aromatic rings. The summed E-state index contributed by atoms with van der Waals surface area (Å²) in [6, 6.07) is 3.71. The SMILES string of the molecule is Cc1nn(C)c(N)c1-c1c(F)cccc1F. The molecule has 0 saturated carbocycles. The Kier molecular flexibility index (Phi) is 2.38. The maximum Gasteiger partial charge on any atom is 0.134 e. The summed E-state index contributed by atoms with van der Waals surface area (Å²) in [5, 5.41) is 4.03. The minimum atomic E-state index is -0.636. The highest BCUT2D eigenvalue weighted by Gasteiger charge is 2.19. The van der Waals surface area contributed by atoms with Gasteiger partial charge in [0.25, 0.3) is 0 Å². The van der Waals surface area contributed by atoms with E-state index >= 15 is 0 Å². The largest absolute Gasteiger partial charge is 0.383 e. The topological polar surface area (TPSA) is 43.8 Å². The van der Waals surface area contributed by atoms with Crippen molar-refractivity contribution in [2.75, 3.05) is 5.73 Å². The summed E-state index contributed by atoms with van der Waals surface area (Å²) in [6.07, 6.45) is 0. The second-order valence-electron chi connectivity index (χ2n) is 3.57. The monoisotopic (exact) mass is 223 g/mol. The number of nitrogens with zero attached hydrogens (tertiary/aromatic N) is 2. The fraction of sp³-hybridized carbons (Fsp3) is 0.182. The number of nitrogen functional groups attached to an aromatic ring is 1. The summed E-state index contributed by atoms with van der Waals surface area (Å²) in [5.74, 6) is -1.02. The summed E-state index contributed by atoms with van der Waals surface area (Å²) in [6.45, 7) is 1.66. The van der Waals surface area contributed by atoms with Crippen molar-refractivity contribution in [1.29, 1.82) is 0 Å². The number of anilines is 1. The average molecular weight is 223 g/mol. The van der Waals surface area contributed by atoms with E-state index in [0.29, 0.717) is 11.3 Å². The van der Waals surface area contributed by atoms with Gasteiger partial charge in [-0.05, 0) is 19.1 Å². The van der Waals surface area contributed by atoms with E-state index in [1.807, 2.05) is 0 Å². The number of halogens is 2. The van der Waals surface area contributed by atoms with Crippen LogP contribution < -0.4 is 5.73 Å². The van der Waals surface area contributed by atoms with Crippen LogP contribution in [0, 0.1) is 18.6 Å². The van der Waals surface area contributed by atoms with E-state index in [-0.39, 0.29) is 11.4 Å². The minimum Gasteiger partial charge on any atom is -0.383 e. The van der Waals surface area contributed by atoms with Crippen molar-refractivity contribution < 1.29 is 8.78 Å². The van der Waals surface area contributed by atoms with Gasteiger partial charge >= 0.3 is 0 Å². The molecule has 0 bridgehead atoms. The van der Waals surface area contributed by atoms with Crippen LogP contribution in [0.25, 0.3) is 11.1 Å². The quantitative estimate of drug-likeness (QED) is 0.805. The third kappa shape index (κ3) is 1.44. The normalized spacial score (nSPS) is 10.8. The summed E-state index contributed by atoms with van der Waals surface area (Å²) in [5.41, 5.74) is 6.44. The molecular weight excluding hydrogens is 212 g/mol. The predicted molar refractivity (Wildman–Crippen MR) is 57.7 cm³/mol. The summed E-state index contributed by atoms with van der Waals surface area (Å²) >= 11 is 0. The van der Waals surface area contributed by atoms with E-state index in [0.717, 1.165) is 0 Å². The van der Waals surface area contributed by atoms with Gasteiger partial charge in [0.15, 0.2) is 0 Å². The van der Waals surface area contributed by atoms with E-state index in [2.05, 4.69) is 5.10 Å². The Morgan fingerprint density at radius 3 is 2.19 bits per heavy atom. The van der Waals surface area contributed by atoms with E-state index in [9.17, 15) is 8.78 Å². The lowest BCUT2D eigenvalue weighted by Crippen LogP contribution is -1.99. The van der Waals surface area contributed by atoms with Crippen LogP contribution in [-0.4, -0.2) is 9.78 Å². The Labute approximate surface area is 91.5 Å². The van der Waals surface area contributed by atoms with Crippen molar-refractivity contribution in [3.63, 3.8) is 0 Å². The molecule has 0 aliphatic heterocycles. The number of nitrogens with two attached hydrogens (primary N) is 1. The highest BCUT2D eigenvalue weighted by molar-refractivity contribution is 5.77. The molecule has 0 fully saturated rings. The van der Waals surface area contributed by atoms with E-state index in [4.69, 9.17) is 5.73 Å².